The van der Waals surface area contributed by atoms with E-state index in [0.29, 0.717) is 29.2 Å². The fraction of sp³-hybridized carbons (Fsp3) is 0.350. The van der Waals surface area contributed by atoms with Crippen LogP contribution in [0.5, 0.6) is 11.5 Å². The van der Waals surface area contributed by atoms with E-state index in [2.05, 4.69) is 5.32 Å². The Morgan fingerprint density at radius 2 is 1.50 bits per heavy atom. The van der Waals surface area contributed by atoms with Crippen LogP contribution in [0.25, 0.3) is 0 Å². The molecule has 1 N–H and O–H groups in total. The van der Waals surface area contributed by atoms with Crippen LogP contribution in [-0.2, 0) is 17.1 Å². The third kappa shape index (κ3) is 5.80. The van der Waals surface area contributed by atoms with Crippen LogP contribution in [0.1, 0.15) is 36.0 Å². The van der Waals surface area contributed by atoms with Gasteiger partial charge in [0.2, 0.25) is 5.91 Å². The number of nitrogens with one attached hydrogen (secondary N) is 1. The molecule has 2 aromatic rings. The first-order valence-electron chi connectivity index (χ1n) is 8.66. The van der Waals surface area contributed by atoms with Crippen LogP contribution < -0.4 is 14.8 Å². The van der Waals surface area contributed by atoms with Gasteiger partial charge in [0.15, 0.2) is 0 Å². The highest BCUT2D eigenvalue weighted by Crippen LogP contribution is 2.38. The Morgan fingerprint density at radius 1 is 0.933 bits per heavy atom. The molecule has 0 spiro atoms. The molecule has 0 saturated carbocycles. The van der Waals surface area contributed by atoms with Gasteiger partial charge in [-0.2, -0.15) is 26.3 Å². The number of halogens is 6. The van der Waals surface area contributed by atoms with E-state index in [4.69, 9.17) is 9.47 Å². The first kappa shape index (κ1) is 23.4. The van der Waals surface area contributed by atoms with Gasteiger partial charge in [0.1, 0.15) is 11.5 Å². The number of hydrogen-bond acceptors (Lipinski definition) is 3. The van der Waals surface area contributed by atoms with Crippen LogP contribution in [0.3, 0.4) is 0 Å². The standard InChI is InChI=1S/C20H19F6NO3/c1-11(16-5-4-15(29-2)10-17(16)30-3)6-18(28)27-14-8-12(19(21,22)23)7-13(9-14)20(24,25)26/h4-5,7-11H,6H2,1-3H3,(H,27,28). The lowest BCUT2D eigenvalue weighted by Gasteiger charge is -2.18. The maximum absolute atomic E-state index is 12.9. The van der Waals surface area contributed by atoms with Gasteiger partial charge in [-0.15, -0.1) is 0 Å². The Balaban J connectivity index is 2.24. The van der Waals surface area contributed by atoms with Gasteiger partial charge in [-0.05, 0) is 35.7 Å². The molecule has 2 rings (SSSR count). The lowest BCUT2D eigenvalue weighted by atomic mass is 9.96. The van der Waals surface area contributed by atoms with Crippen molar-refractivity contribution in [1.82, 2.24) is 0 Å². The number of carbonyl (C=O) groups excluding carboxylic acids is 1. The fourth-order valence-corrected chi connectivity index (χ4v) is 2.85. The summed E-state index contributed by atoms with van der Waals surface area (Å²) in [6.45, 7) is 1.68. The number of rotatable bonds is 6. The summed E-state index contributed by atoms with van der Waals surface area (Å²) in [7, 11) is 2.89. The summed E-state index contributed by atoms with van der Waals surface area (Å²) in [5.74, 6) is -0.212. The molecule has 0 aliphatic heterocycles. The maximum Gasteiger partial charge on any atom is 0.416 e. The summed E-state index contributed by atoms with van der Waals surface area (Å²) in [6, 6.07) is 5.85. The molecule has 1 atom stereocenters. The van der Waals surface area contributed by atoms with Crippen molar-refractivity contribution in [2.24, 2.45) is 0 Å². The van der Waals surface area contributed by atoms with Crippen molar-refractivity contribution in [2.75, 3.05) is 19.5 Å². The molecule has 0 aromatic heterocycles. The third-order valence-electron chi connectivity index (χ3n) is 4.33. The number of benzene rings is 2. The van der Waals surface area contributed by atoms with Gasteiger partial charge >= 0.3 is 12.4 Å². The summed E-state index contributed by atoms with van der Waals surface area (Å²) in [5.41, 5.74) is -2.96. The number of ether oxygens (including phenoxy) is 2. The number of methoxy groups -OCH3 is 2. The SMILES string of the molecule is COc1ccc(C(C)CC(=O)Nc2cc(C(F)(F)F)cc(C(F)(F)F)c2)c(OC)c1. The summed E-state index contributed by atoms with van der Waals surface area (Å²) in [4.78, 5) is 12.3. The Bertz CT molecular complexity index is 876. The van der Waals surface area contributed by atoms with E-state index in [1.165, 1.54) is 14.2 Å². The number of carbonyl (C=O) groups is 1. The van der Waals surface area contributed by atoms with E-state index in [0.717, 1.165) is 0 Å². The minimum absolute atomic E-state index is 0.000497. The molecule has 0 aliphatic rings. The van der Waals surface area contributed by atoms with Crippen molar-refractivity contribution in [3.8, 4) is 11.5 Å². The lowest BCUT2D eigenvalue weighted by molar-refractivity contribution is -0.143. The summed E-state index contributed by atoms with van der Waals surface area (Å²) >= 11 is 0. The van der Waals surface area contributed by atoms with Gasteiger partial charge in [0.05, 0.1) is 25.3 Å². The molecule has 10 heteroatoms. The second kappa shape index (κ2) is 8.85. The smallest absolute Gasteiger partial charge is 0.416 e. The number of anilines is 1. The van der Waals surface area contributed by atoms with Crippen LogP contribution in [0.15, 0.2) is 36.4 Å². The van der Waals surface area contributed by atoms with Gasteiger partial charge in [-0.3, -0.25) is 4.79 Å². The zero-order valence-electron chi connectivity index (χ0n) is 16.2. The molecule has 0 heterocycles. The third-order valence-corrected chi connectivity index (χ3v) is 4.33. The molecule has 1 amide bonds. The van der Waals surface area contributed by atoms with E-state index in [1.54, 1.807) is 25.1 Å². The van der Waals surface area contributed by atoms with E-state index in [1.807, 2.05) is 0 Å². The molecule has 0 fully saturated rings. The second-order valence-corrected chi connectivity index (χ2v) is 6.56. The number of hydrogen-bond donors (Lipinski definition) is 1. The molecule has 1 unspecified atom stereocenters. The highest BCUT2D eigenvalue weighted by molar-refractivity contribution is 5.91. The highest BCUT2D eigenvalue weighted by atomic mass is 19.4. The van der Waals surface area contributed by atoms with Gasteiger partial charge in [-0.25, -0.2) is 0 Å². The predicted octanol–water partition coefficient (Wildman–Crippen LogP) is 5.87. The lowest BCUT2D eigenvalue weighted by Crippen LogP contribution is -2.17. The molecule has 0 radical (unpaired) electrons. The van der Waals surface area contributed by atoms with Gasteiger partial charge in [-0.1, -0.05) is 13.0 Å². The summed E-state index contributed by atoms with van der Waals surface area (Å²) in [5, 5.41) is 2.12. The van der Waals surface area contributed by atoms with E-state index >= 15 is 0 Å². The molecule has 0 saturated heterocycles. The van der Waals surface area contributed by atoms with Crippen molar-refractivity contribution in [3.63, 3.8) is 0 Å². The van der Waals surface area contributed by atoms with Crippen molar-refractivity contribution in [1.29, 1.82) is 0 Å². The molecule has 2 aromatic carbocycles. The van der Waals surface area contributed by atoms with Crippen LogP contribution in [0, 0.1) is 0 Å². The van der Waals surface area contributed by atoms with Crippen molar-refractivity contribution in [3.05, 3.63) is 53.1 Å². The van der Waals surface area contributed by atoms with Gasteiger partial charge in [0, 0.05) is 18.2 Å². The largest absolute Gasteiger partial charge is 0.497 e. The first-order chi connectivity index (χ1) is 13.8. The van der Waals surface area contributed by atoms with Crippen LogP contribution in [-0.4, -0.2) is 20.1 Å². The minimum Gasteiger partial charge on any atom is -0.497 e. The second-order valence-electron chi connectivity index (χ2n) is 6.56. The van der Waals surface area contributed by atoms with Crippen molar-refractivity contribution >= 4 is 11.6 Å². The normalized spacial score (nSPS) is 13.0. The summed E-state index contributed by atoms with van der Waals surface area (Å²) in [6.07, 6.45) is -10.2. The molecule has 0 bridgehead atoms. The minimum atomic E-state index is -5.00. The predicted molar refractivity (Wildman–Crippen MR) is 97.7 cm³/mol. The zero-order chi connectivity index (χ0) is 22.7. The highest BCUT2D eigenvalue weighted by Gasteiger charge is 2.37. The fourth-order valence-electron chi connectivity index (χ4n) is 2.85. The van der Waals surface area contributed by atoms with Crippen LogP contribution in [0.4, 0.5) is 32.0 Å². The molecular formula is C20H19F6NO3. The Morgan fingerprint density at radius 3 is 1.97 bits per heavy atom. The van der Waals surface area contributed by atoms with Crippen LogP contribution in [0.2, 0.25) is 0 Å². The average molecular weight is 435 g/mol. The maximum atomic E-state index is 12.9. The van der Waals surface area contributed by atoms with E-state index < -0.39 is 41.0 Å². The first-order valence-corrected chi connectivity index (χ1v) is 8.66. The van der Waals surface area contributed by atoms with Gasteiger partial charge < -0.3 is 14.8 Å². The molecule has 30 heavy (non-hydrogen) atoms. The number of alkyl halides is 6. The quantitative estimate of drug-likeness (QED) is 0.577. The summed E-state index contributed by atoms with van der Waals surface area (Å²) < 4.78 is 88.0. The van der Waals surface area contributed by atoms with Crippen LogP contribution >= 0.6 is 0 Å². The number of amides is 1. The Labute approximate surface area is 168 Å². The van der Waals surface area contributed by atoms with E-state index in [9.17, 15) is 31.1 Å². The van der Waals surface area contributed by atoms with Crippen molar-refractivity contribution < 1.29 is 40.6 Å². The topological polar surface area (TPSA) is 47.6 Å². The Kier molecular flexibility index (Phi) is 6.89. The zero-order valence-corrected chi connectivity index (χ0v) is 16.2. The molecule has 4 nitrogen and oxygen atoms in total. The van der Waals surface area contributed by atoms with Gasteiger partial charge in [0.25, 0.3) is 0 Å². The monoisotopic (exact) mass is 435 g/mol. The molecule has 164 valence electrons. The Hall–Kier alpha value is -2.91. The van der Waals surface area contributed by atoms with E-state index in [-0.39, 0.29) is 12.5 Å². The van der Waals surface area contributed by atoms with Crippen molar-refractivity contribution in [2.45, 2.75) is 31.6 Å². The molecule has 0 aliphatic carbocycles. The molecular weight excluding hydrogens is 416 g/mol. The average Bonchev–Trinajstić information content (AvgIpc) is 2.65.